The van der Waals surface area contributed by atoms with Gasteiger partial charge in [-0.15, -0.1) is 0 Å². The minimum absolute atomic E-state index is 0.0560. The number of rotatable bonds is 11. The fraction of sp³-hybridized carbons (Fsp3) is 0.424. The second-order valence-electron chi connectivity index (χ2n) is 13.2. The molecular formula is C33H48O6Si2. The Balaban J connectivity index is 2.13. The molecule has 0 atom stereocenters. The van der Waals surface area contributed by atoms with E-state index in [1.165, 1.54) is 18.2 Å². The monoisotopic (exact) mass is 596 g/mol. The van der Waals surface area contributed by atoms with E-state index in [-0.39, 0.29) is 21.6 Å². The highest BCUT2D eigenvalue weighted by atomic mass is 28.4. The number of allylic oxidation sites excluding steroid dienone is 3. The van der Waals surface area contributed by atoms with Crippen molar-refractivity contribution in [3.63, 3.8) is 0 Å². The summed E-state index contributed by atoms with van der Waals surface area (Å²) in [6.07, 6.45) is 7.45. The van der Waals surface area contributed by atoms with Crippen LogP contribution in [0.15, 0.2) is 60.4 Å². The molecule has 0 aliphatic rings. The zero-order valence-corrected chi connectivity index (χ0v) is 28.8. The molecule has 2 aromatic carbocycles. The fourth-order valence-electron chi connectivity index (χ4n) is 3.20. The first-order valence-electron chi connectivity index (χ1n) is 13.8. The molecule has 8 heteroatoms. The molecule has 224 valence electrons. The Morgan fingerprint density at radius 1 is 0.683 bits per heavy atom. The molecule has 0 heterocycles. The third-order valence-electron chi connectivity index (χ3n) is 7.89. The molecule has 0 saturated carbocycles. The molecule has 0 aromatic heterocycles. The van der Waals surface area contributed by atoms with Gasteiger partial charge in [-0.2, -0.15) is 0 Å². The molecule has 0 aliphatic heterocycles. The molecule has 0 saturated heterocycles. The Hall–Kier alpha value is -3.24. The van der Waals surface area contributed by atoms with Crippen LogP contribution in [-0.4, -0.2) is 41.7 Å². The molecule has 0 fully saturated rings. The lowest BCUT2D eigenvalue weighted by Crippen LogP contribution is -2.43. The molecule has 0 amide bonds. The van der Waals surface area contributed by atoms with Crippen LogP contribution in [0.4, 0.5) is 0 Å². The number of aliphatic hydroxyl groups excluding tert-OH is 1. The molecule has 2 aromatic rings. The largest absolute Gasteiger partial charge is 0.541 e. The van der Waals surface area contributed by atoms with Crippen molar-refractivity contribution in [2.24, 2.45) is 0 Å². The highest BCUT2D eigenvalue weighted by Gasteiger charge is 2.40. The minimum Gasteiger partial charge on any atom is -0.541 e. The number of ether oxygens (including phenoxy) is 2. The second kappa shape index (κ2) is 13.2. The highest BCUT2D eigenvalue weighted by molar-refractivity contribution is 6.75. The second-order valence-corrected chi connectivity index (χ2v) is 22.6. The van der Waals surface area contributed by atoms with E-state index in [1.807, 2.05) is 36.4 Å². The maximum Gasteiger partial charge on any atom is 0.250 e. The number of hydrogen-bond acceptors (Lipinski definition) is 6. The van der Waals surface area contributed by atoms with Crippen LogP contribution in [0, 0.1) is 0 Å². The van der Waals surface area contributed by atoms with Gasteiger partial charge >= 0.3 is 0 Å². The lowest BCUT2D eigenvalue weighted by atomic mass is 10.1. The molecular weight excluding hydrogens is 549 g/mol. The van der Waals surface area contributed by atoms with E-state index >= 15 is 0 Å². The molecule has 0 unspecified atom stereocenters. The number of carbonyl (C=O) groups excluding carboxylic acids is 1. The average Bonchev–Trinajstić information content (AvgIpc) is 2.85. The minimum atomic E-state index is -2.03. The van der Waals surface area contributed by atoms with Gasteiger partial charge in [-0.1, -0.05) is 65.8 Å². The molecule has 0 bridgehead atoms. The normalized spacial score (nSPS) is 13.5. The third-order valence-corrected chi connectivity index (χ3v) is 16.6. The number of aliphatic hydroxyl groups is 1. The van der Waals surface area contributed by atoms with Crippen LogP contribution in [0.1, 0.15) is 52.7 Å². The van der Waals surface area contributed by atoms with Crippen molar-refractivity contribution < 1.29 is 28.2 Å². The van der Waals surface area contributed by atoms with Gasteiger partial charge < -0.3 is 23.4 Å². The van der Waals surface area contributed by atoms with Crippen molar-refractivity contribution in [1.82, 2.24) is 0 Å². The van der Waals surface area contributed by atoms with Gasteiger partial charge in [-0.25, -0.2) is 0 Å². The fourth-order valence-corrected chi connectivity index (χ4v) is 5.25. The van der Waals surface area contributed by atoms with E-state index in [4.69, 9.17) is 18.3 Å². The van der Waals surface area contributed by atoms with Gasteiger partial charge in [0.05, 0.1) is 14.2 Å². The summed E-state index contributed by atoms with van der Waals surface area (Å²) in [5, 5.41) is 10.4. The van der Waals surface area contributed by atoms with E-state index in [1.54, 1.807) is 26.4 Å². The summed E-state index contributed by atoms with van der Waals surface area (Å²) in [5.41, 5.74) is 1.59. The zero-order chi connectivity index (χ0) is 31.2. The number of ketones is 1. The van der Waals surface area contributed by atoms with Crippen LogP contribution >= 0.6 is 0 Å². The SMILES string of the molecule is COc1cc(/C=C/C(=O)C=C(O)/C=C/c2ccc(O[Si](C)(C)C(C)(C)C)c(OC)c2)ccc1O[Si](C)(C)C(C)(C)C. The molecule has 0 radical (unpaired) electrons. The maximum absolute atomic E-state index is 12.5. The van der Waals surface area contributed by atoms with Gasteiger partial charge in [0.25, 0.3) is 16.6 Å². The molecule has 6 nitrogen and oxygen atoms in total. The van der Waals surface area contributed by atoms with Crippen molar-refractivity contribution in [3.05, 3.63) is 71.5 Å². The standard InChI is InChI=1S/C33H48O6Si2/c1-32(2,3)40(9,10)38-28-19-15-24(21-30(28)36-7)13-17-26(34)23-27(35)18-14-25-16-20-29(31(22-25)37-8)39-41(11,12)33(4,5)6/h13-23,34H,1-12H3/b17-13+,18-14+,26-23?. The maximum atomic E-state index is 12.5. The van der Waals surface area contributed by atoms with Gasteiger partial charge in [-0.3, -0.25) is 4.79 Å². The van der Waals surface area contributed by atoms with Crippen molar-refractivity contribution in [1.29, 1.82) is 0 Å². The van der Waals surface area contributed by atoms with E-state index in [9.17, 15) is 9.90 Å². The average molecular weight is 597 g/mol. The van der Waals surface area contributed by atoms with E-state index < -0.39 is 16.6 Å². The molecule has 0 spiro atoms. The van der Waals surface area contributed by atoms with E-state index in [0.717, 1.165) is 11.1 Å². The number of methoxy groups -OCH3 is 2. The van der Waals surface area contributed by atoms with Gasteiger partial charge in [0.1, 0.15) is 17.3 Å². The van der Waals surface area contributed by atoms with Gasteiger partial charge in [0.15, 0.2) is 17.3 Å². The summed E-state index contributed by atoms with van der Waals surface area (Å²) in [5.74, 6) is 2.13. The summed E-state index contributed by atoms with van der Waals surface area (Å²) >= 11 is 0. The Bertz CT molecular complexity index is 1310. The lowest BCUT2D eigenvalue weighted by Gasteiger charge is -2.36. The first-order valence-corrected chi connectivity index (χ1v) is 19.7. The van der Waals surface area contributed by atoms with Crippen LogP contribution < -0.4 is 18.3 Å². The predicted molar refractivity (Wildman–Crippen MR) is 175 cm³/mol. The summed E-state index contributed by atoms with van der Waals surface area (Å²) in [4.78, 5) is 12.5. The number of hydrogen-bond donors (Lipinski definition) is 1. The summed E-state index contributed by atoms with van der Waals surface area (Å²) in [6, 6.07) is 11.2. The van der Waals surface area contributed by atoms with Crippen LogP contribution in [-0.2, 0) is 4.79 Å². The van der Waals surface area contributed by atoms with Gasteiger partial charge in [0.2, 0.25) is 0 Å². The molecule has 2 rings (SSSR count). The van der Waals surface area contributed by atoms with Crippen molar-refractivity contribution in [2.45, 2.75) is 77.8 Å². The zero-order valence-electron chi connectivity index (χ0n) is 26.8. The summed E-state index contributed by atoms with van der Waals surface area (Å²) in [7, 11) is -0.848. The van der Waals surface area contributed by atoms with Gasteiger partial charge in [0, 0.05) is 6.08 Å². The van der Waals surface area contributed by atoms with Crippen molar-refractivity contribution in [3.8, 4) is 23.0 Å². The lowest BCUT2D eigenvalue weighted by molar-refractivity contribution is -0.110. The first-order chi connectivity index (χ1) is 18.8. The van der Waals surface area contributed by atoms with Crippen LogP contribution in [0.25, 0.3) is 12.2 Å². The topological polar surface area (TPSA) is 74.2 Å². The number of carbonyl (C=O) groups is 1. The molecule has 41 heavy (non-hydrogen) atoms. The summed E-state index contributed by atoms with van der Waals surface area (Å²) < 4.78 is 23.9. The smallest absolute Gasteiger partial charge is 0.250 e. The first kappa shape index (κ1) is 34.0. The third kappa shape index (κ3) is 9.40. The van der Waals surface area contributed by atoms with Crippen LogP contribution in [0.5, 0.6) is 23.0 Å². The summed E-state index contributed by atoms with van der Waals surface area (Å²) in [6.45, 7) is 21.9. The quantitative estimate of drug-likeness (QED) is 0.121. The van der Waals surface area contributed by atoms with Crippen molar-refractivity contribution in [2.75, 3.05) is 14.2 Å². The van der Waals surface area contributed by atoms with E-state index in [0.29, 0.717) is 23.0 Å². The Labute approximate surface area is 249 Å². The number of benzene rings is 2. The Morgan fingerprint density at radius 3 is 1.44 bits per heavy atom. The molecule has 0 aliphatic carbocycles. The highest BCUT2D eigenvalue weighted by Crippen LogP contribution is 2.41. The Kier molecular flexibility index (Phi) is 10.9. The van der Waals surface area contributed by atoms with Crippen LogP contribution in [0.3, 0.4) is 0 Å². The van der Waals surface area contributed by atoms with Crippen molar-refractivity contribution >= 4 is 34.6 Å². The van der Waals surface area contributed by atoms with Gasteiger partial charge in [-0.05, 0) is 83.8 Å². The van der Waals surface area contributed by atoms with E-state index in [2.05, 4.69) is 67.7 Å². The van der Waals surface area contributed by atoms with Crippen LogP contribution in [0.2, 0.25) is 36.3 Å². The Morgan fingerprint density at radius 2 is 1.07 bits per heavy atom. The molecule has 1 N–H and O–H groups in total. The predicted octanol–water partition coefficient (Wildman–Crippen LogP) is 9.21.